The summed E-state index contributed by atoms with van der Waals surface area (Å²) in [6.45, 7) is 0. The Hall–Kier alpha value is -1.30. The van der Waals surface area contributed by atoms with E-state index in [1.807, 2.05) is 0 Å². The first kappa shape index (κ1) is 14.6. The van der Waals surface area contributed by atoms with Gasteiger partial charge in [0.05, 0.1) is 0 Å². The summed E-state index contributed by atoms with van der Waals surface area (Å²) in [5.74, 6) is -0.807. The standard InChI is InChI=1S/C15H25N3O3/c1-18-11-3-2-4-12(18)8-10(7-11)16-15(21)17-13(14(19)20)9-5-6-9/h9-13H,2-8H2,1H3,(H,19,20)(H2,16,17,21). The van der Waals surface area contributed by atoms with Gasteiger partial charge in [-0.25, -0.2) is 9.59 Å². The molecule has 3 atom stereocenters. The summed E-state index contributed by atoms with van der Waals surface area (Å²) in [5.41, 5.74) is 0. The molecule has 0 spiro atoms. The van der Waals surface area contributed by atoms with Gasteiger partial charge in [-0.2, -0.15) is 0 Å². The van der Waals surface area contributed by atoms with Crippen LogP contribution in [0.3, 0.4) is 0 Å². The SMILES string of the molecule is CN1C2CCCC1CC(NC(=O)NC(C(=O)O)C1CC1)C2. The van der Waals surface area contributed by atoms with E-state index >= 15 is 0 Å². The van der Waals surface area contributed by atoms with Gasteiger partial charge < -0.3 is 20.6 Å². The normalized spacial score (nSPS) is 34.0. The van der Waals surface area contributed by atoms with E-state index in [4.69, 9.17) is 5.11 Å². The van der Waals surface area contributed by atoms with E-state index in [0.717, 1.165) is 25.7 Å². The number of fused-ring (bicyclic) bond motifs is 2. The highest BCUT2D eigenvalue weighted by Gasteiger charge is 2.39. The first-order valence-corrected chi connectivity index (χ1v) is 8.06. The van der Waals surface area contributed by atoms with Crippen molar-refractivity contribution in [2.45, 2.75) is 69.1 Å². The number of hydrogen-bond acceptors (Lipinski definition) is 3. The minimum Gasteiger partial charge on any atom is -0.480 e. The summed E-state index contributed by atoms with van der Waals surface area (Å²) in [7, 11) is 2.18. The van der Waals surface area contributed by atoms with Gasteiger partial charge in [-0.15, -0.1) is 0 Å². The predicted octanol–water partition coefficient (Wildman–Crippen LogP) is 1.16. The average molecular weight is 295 g/mol. The summed E-state index contributed by atoms with van der Waals surface area (Å²) in [5, 5.41) is 14.8. The van der Waals surface area contributed by atoms with E-state index in [9.17, 15) is 9.59 Å². The van der Waals surface area contributed by atoms with Crippen molar-refractivity contribution in [3.63, 3.8) is 0 Å². The second-order valence-corrected chi connectivity index (χ2v) is 6.84. The molecule has 3 fully saturated rings. The number of piperidine rings is 2. The van der Waals surface area contributed by atoms with Crippen LogP contribution in [-0.4, -0.2) is 53.2 Å². The van der Waals surface area contributed by atoms with E-state index in [2.05, 4.69) is 22.6 Å². The summed E-state index contributed by atoms with van der Waals surface area (Å²) >= 11 is 0. The number of carbonyl (C=O) groups excluding carboxylic acids is 1. The Morgan fingerprint density at radius 2 is 1.76 bits per heavy atom. The van der Waals surface area contributed by atoms with Gasteiger partial charge in [-0.05, 0) is 51.5 Å². The predicted molar refractivity (Wildman–Crippen MR) is 78.0 cm³/mol. The fourth-order valence-corrected chi connectivity index (χ4v) is 3.91. The monoisotopic (exact) mass is 295 g/mol. The van der Waals surface area contributed by atoms with Crippen molar-refractivity contribution in [3.05, 3.63) is 0 Å². The molecule has 2 amide bonds. The van der Waals surface area contributed by atoms with Crippen LogP contribution in [-0.2, 0) is 4.79 Å². The Kier molecular flexibility index (Phi) is 4.06. The van der Waals surface area contributed by atoms with E-state index in [1.165, 1.54) is 19.3 Å². The quantitative estimate of drug-likeness (QED) is 0.727. The van der Waals surface area contributed by atoms with Crippen molar-refractivity contribution in [2.75, 3.05) is 7.05 Å². The van der Waals surface area contributed by atoms with Gasteiger partial charge in [0.25, 0.3) is 0 Å². The highest BCUT2D eigenvalue weighted by atomic mass is 16.4. The molecular weight excluding hydrogens is 270 g/mol. The van der Waals surface area contributed by atoms with Crippen LogP contribution in [0.25, 0.3) is 0 Å². The highest BCUT2D eigenvalue weighted by Crippen LogP contribution is 2.33. The maximum Gasteiger partial charge on any atom is 0.326 e. The van der Waals surface area contributed by atoms with Gasteiger partial charge in [-0.3, -0.25) is 0 Å². The number of nitrogens with zero attached hydrogens (tertiary/aromatic N) is 1. The third-order valence-electron chi connectivity index (χ3n) is 5.32. The van der Waals surface area contributed by atoms with Crippen LogP contribution < -0.4 is 10.6 Å². The van der Waals surface area contributed by atoms with E-state index in [-0.39, 0.29) is 18.0 Å². The highest BCUT2D eigenvalue weighted by molar-refractivity contribution is 5.83. The topological polar surface area (TPSA) is 81.7 Å². The summed E-state index contributed by atoms with van der Waals surface area (Å²) in [6.07, 6.45) is 7.43. The average Bonchev–Trinajstić information content (AvgIpc) is 3.21. The Morgan fingerprint density at radius 1 is 1.14 bits per heavy atom. The van der Waals surface area contributed by atoms with E-state index in [1.54, 1.807) is 0 Å². The zero-order valence-corrected chi connectivity index (χ0v) is 12.5. The molecule has 1 saturated carbocycles. The Labute approximate surface area is 125 Å². The lowest BCUT2D eigenvalue weighted by Gasteiger charge is -2.47. The lowest BCUT2D eigenvalue weighted by Crippen LogP contribution is -2.57. The van der Waals surface area contributed by atoms with Crippen molar-refractivity contribution in [1.29, 1.82) is 0 Å². The van der Waals surface area contributed by atoms with Crippen LogP contribution in [0.2, 0.25) is 0 Å². The maximum atomic E-state index is 12.1. The first-order chi connectivity index (χ1) is 10.0. The molecule has 2 saturated heterocycles. The molecule has 2 bridgehead atoms. The number of carbonyl (C=O) groups is 2. The molecule has 2 heterocycles. The first-order valence-electron chi connectivity index (χ1n) is 8.06. The van der Waals surface area contributed by atoms with Crippen LogP contribution in [0.5, 0.6) is 0 Å². The Morgan fingerprint density at radius 3 is 2.29 bits per heavy atom. The molecule has 21 heavy (non-hydrogen) atoms. The number of rotatable bonds is 4. The van der Waals surface area contributed by atoms with Gasteiger partial charge >= 0.3 is 12.0 Å². The van der Waals surface area contributed by atoms with Crippen LogP contribution in [0, 0.1) is 5.92 Å². The molecule has 3 N–H and O–H groups in total. The molecule has 0 aromatic carbocycles. The number of carboxylic acids is 1. The van der Waals surface area contributed by atoms with Gasteiger partial charge in [0.1, 0.15) is 6.04 Å². The number of nitrogens with one attached hydrogen (secondary N) is 2. The second kappa shape index (κ2) is 5.83. The van der Waals surface area contributed by atoms with Crippen LogP contribution in [0.15, 0.2) is 0 Å². The van der Waals surface area contributed by atoms with Gasteiger partial charge in [-0.1, -0.05) is 6.42 Å². The molecule has 0 radical (unpaired) electrons. The van der Waals surface area contributed by atoms with Gasteiger partial charge in [0, 0.05) is 18.1 Å². The molecule has 3 aliphatic rings. The summed E-state index contributed by atoms with van der Waals surface area (Å²) in [4.78, 5) is 25.7. The lowest BCUT2D eigenvalue weighted by atomic mass is 9.82. The van der Waals surface area contributed by atoms with Crippen molar-refractivity contribution in [1.82, 2.24) is 15.5 Å². The summed E-state index contributed by atoms with van der Waals surface area (Å²) < 4.78 is 0. The fourth-order valence-electron chi connectivity index (χ4n) is 3.91. The molecule has 3 rings (SSSR count). The molecule has 118 valence electrons. The Bertz CT molecular complexity index is 410. The molecule has 2 aliphatic heterocycles. The number of carboxylic acid groups (broad SMARTS) is 1. The van der Waals surface area contributed by atoms with Crippen LogP contribution in [0.1, 0.15) is 44.9 Å². The van der Waals surface area contributed by atoms with Crippen molar-refractivity contribution < 1.29 is 14.7 Å². The lowest BCUT2D eigenvalue weighted by molar-refractivity contribution is -0.139. The largest absolute Gasteiger partial charge is 0.480 e. The minimum absolute atomic E-state index is 0.116. The summed E-state index contributed by atoms with van der Waals surface area (Å²) in [6, 6.07) is 0.242. The third kappa shape index (κ3) is 3.31. The van der Waals surface area contributed by atoms with Crippen LogP contribution in [0.4, 0.5) is 4.79 Å². The molecule has 3 unspecified atom stereocenters. The van der Waals surface area contributed by atoms with E-state index < -0.39 is 12.0 Å². The van der Waals surface area contributed by atoms with Gasteiger partial charge in [0.2, 0.25) is 0 Å². The minimum atomic E-state index is -0.923. The zero-order chi connectivity index (χ0) is 15.0. The van der Waals surface area contributed by atoms with Gasteiger partial charge in [0.15, 0.2) is 0 Å². The molecular formula is C15H25N3O3. The third-order valence-corrected chi connectivity index (χ3v) is 5.32. The number of urea groups is 1. The van der Waals surface area contributed by atoms with Crippen molar-refractivity contribution >= 4 is 12.0 Å². The molecule has 6 nitrogen and oxygen atoms in total. The Balaban J connectivity index is 1.52. The molecule has 1 aliphatic carbocycles. The van der Waals surface area contributed by atoms with E-state index in [0.29, 0.717) is 12.1 Å². The smallest absolute Gasteiger partial charge is 0.326 e. The second-order valence-electron chi connectivity index (χ2n) is 6.84. The molecule has 6 heteroatoms. The molecule has 0 aromatic heterocycles. The van der Waals surface area contributed by atoms with Crippen molar-refractivity contribution in [2.24, 2.45) is 5.92 Å². The number of amides is 2. The fraction of sp³-hybridized carbons (Fsp3) is 0.867. The number of aliphatic carboxylic acids is 1. The zero-order valence-electron chi connectivity index (χ0n) is 12.5. The van der Waals surface area contributed by atoms with Crippen molar-refractivity contribution in [3.8, 4) is 0 Å². The molecule has 0 aromatic rings. The maximum absolute atomic E-state index is 12.1. The van der Waals surface area contributed by atoms with Crippen LogP contribution >= 0.6 is 0 Å². The number of hydrogen-bond donors (Lipinski definition) is 3.